The topological polar surface area (TPSA) is 54.9 Å². The van der Waals surface area contributed by atoms with Gasteiger partial charge in [0, 0.05) is 24.0 Å². The number of aromatic nitrogens is 2. The third kappa shape index (κ3) is 4.54. The molecule has 0 aliphatic carbocycles. The van der Waals surface area contributed by atoms with Crippen LogP contribution in [0.4, 0.5) is 13.2 Å². The van der Waals surface area contributed by atoms with Gasteiger partial charge in [-0.3, -0.25) is 0 Å². The molecule has 0 amide bonds. The molecule has 0 unspecified atom stereocenters. The Morgan fingerprint density at radius 2 is 1.68 bits per heavy atom. The highest BCUT2D eigenvalue weighted by molar-refractivity contribution is 7.84. The summed E-state index contributed by atoms with van der Waals surface area (Å²) in [5, 5.41) is 0. The smallest absolute Gasteiger partial charge is 0.242 e. The van der Waals surface area contributed by atoms with Crippen LogP contribution in [-0.2, 0) is 17.2 Å². The van der Waals surface area contributed by atoms with Crippen molar-refractivity contribution in [2.75, 3.05) is 0 Å². The fraction of sp³-hybridized carbons (Fsp3) is 0.636. The molecule has 0 bridgehead atoms. The number of hydrogen-bond donors (Lipinski definition) is 1. The molecule has 8 heteroatoms. The van der Waals surface area contributed by atoms with Crippen LogP contribution in [0.15, 0.2) is 12.4 Å². The highest BCUT2D eigenvalue weighted by Crippen LogP contribution is 2.26. The summed E-state index contributed by atoms with van der Waals surface area (Å²) in [6, 6.07) is -0.401. The van der Waals surface area contributed by atoms with Crippen LogP contribution in [-0.4, -0.2) is 18.9 Å². The molecular weight excluding hydrogens is 279 g/mol. The minimum atomic E-state index is -4.55. The fourth-order valence-corrected chi connectivity index (χ4v) is 1.92. The second-order valence-corrected chi connectivity index (χ2v) is 7.06. The molecule has 0 saturated carbocycles. The van der Waals surface area contributed by atoms with Gasteiger partial charge in [0.15, 0.2) is 0 Å². The highest BCUT2D eigenvalue weighted by atomic mass is 32.2. The van der Waals surface area contributed by atoms with Gasteiger partial charge in [0.2, 0.25) is 5.82 Å². The summed E-state index contributed by atoms with van der Waals surface area (Å²) in [5.41, 5.74) is 0.450. The van der Waals surface area contributed by atoms with Crippen molar-refractivity contribution < 1.29 is 17.4 Å². The van der Waals surface area contributed by atoms with Crippen LogP contribution < -0.4 is 4.72 Å². The number of rotatable bonds is 3. The Balaban J connectivity index is 2.79. The third-order valence-electron chi connectivity index (χ3n) is 2.27. The van der Waals surface area contributed by atoms with Gasteiger partial charge in [0.1, 0.15) is 0 Å². The van der Waals surface area contributed by atoms with Gasteiger partial charge in [-0.25, -0.2) is 18.9 Å². The van der Waals surface area contributed by atoms with Gasteiger partial charge < -0.3 is 0 Å². The number of alkyl halides is 3. The Morgan fingerprint density at radius 3 is 2.05 bits per heavy atom. The van der Waals surface area contributed by atoms with Gasteiger partial charge in [0.25, 0.3) is 0 Å². The van der Waals surface area contributed by atoms with E-state index in [1.807, 2.05) is 0 Å². The maximum absolute atomic E-state index is 12.3. The van der Waals surface area contributed by atoms with E-state index in [0.717, 1.165) is 12.4 Å². The zero-order chi connectivity index (χ0) is 14.8. The van der Waals surface area contributed by atoms with E-state index in [9.17, 15) is 17.4 Å². The zero-order valence-corrected chi connectivity index (χ0v) is 11.9. The Morgan fingerprint density at radius 1 is 1.21 bits per heavy atom. The minimum absolute atomic E-state index is 0.401. The van der Waals surface area contributed by atoms with Crippen LogP contribution in [0.3, 0.4) is 0 Å². The molecule has 0 spiro atoms. The van der Waals surface area contributed by atoms with E-state index in [1.54, 1.807) is 27.7 Å². The highest BCUT2D eigenvalue weighted by Gasteiger charge is 2.34. The van der Waals surface area contributed by atoms with Crippen molar-refractivity contribution in [3.63, 3.8) is 0 Å². The summed E-state index contributed by atoms with van der Waals surface area (Å²) in [5.74, 6) is -1.18. The Hall–Kier alpha value is -1.02. The minimum Gasteiger partial charge on any atom is -0.242 e. The summed E-state index contributed by atoms with van der Waals surface area (Å²) < 4.78 is 51.1. The Kier molecular flexibility index (Phi) is 4.67. The molecule has 0 aliphatic heterocycles. The average molecular weight is 295 g/mol. The first kappa shape index (κ1) is 16.0. The van der Waals surface area contributed by atoms with E-state index in [0.29, 0.717) is 5.56 Å². The van der Waals surface area contributed by atoms with Crippen molar-refractivity contribution in [3.05, 3.63) is 23.8 Å². The molecule has 1 N–H and O–H groups in total. The molecule has 1 heterocycles. The third-order valence-corrected chi connectivity index (χ3v) is 3.95. The molecule has 1 rings (SSSR count). The van der Waals surface area contributed by atoms with Crippen molar-refractivity contribution in [1.82, 2.24) is 14.7 Å². The van der Waals surface area contributed by atoms with E-state index in [4.69, 9.17) is 0 Å². The van der Waals surface area contributed by atoms with E-state index in [2.05, 4.69) is 14.7 Å². The number of nitrogens with one attached hydrogen (secondary N) is 1. The molecule has 4 nitrogen and oxygen atoms in total. The SMILES string of the molecule is C[C@@H](N[S@@](=O)C(C)(C)C)c1cnc(C(F)(F)F)nc1. The van der Waals surface area contributed by atoms with Crippen molar-refractivity contribution >= 4 is 11.0 Å². The first-order valence-electron chi connectivity index (χ1n) is 5.59. The standard InChI is InChI=1S/C11H16F3N3OS/c1-7(17-19(18)10(2,3)4)8-5-15-9(16-6-8)11(12,13)14/h5-7,17H,1-4H3/t7-,19+/m1/s1. The quantitative estimate of drug-likeness (QED) is 0.932. The first-order chi connectivity index (χ1) is 8.51. The number of nitrogens with zero attached hydrogens (tertiary/aromatic N) is 2. The fourth-order valence-electron chi connectivity index (χ4n) is 1.11. The summed E-state index contributed by atoms with van der Waals surface area (Å²) in [6.45, 7) is 7.08. The van der Waals surface area contributed by atoms with E-state index in [-0.39, 0.29) is 0 Å². The molecule has 2 atom stereocenters. The average Bonchev–Trinajstić information content (AvgIpc) is 2.26. The van der Waals surface area contributed by atoms with Crippen molar-refractivity contribution in [2.24, 2.45) is 0 Å². The van der Waals surface area contributed by atoms with Crippen LogP contribution in [0.25, 0.3) is 0 Å². The zero-order valence-electron chi connectivity index (χ0n) is 11.1. The maximum atomic E-state index is 12.3. The monoisotopic (exact) mass is 295 g/mol. The van der Waals surface area contributed by atoms with Gasteiger partial charge in [0.05, 0.1) is 15.7 Å². The second kappa shape index (κ2) is 5.54. The lowest BCUT2D eigenvalue weighted by Gasteiger charge is -2.21. The number of hydrogen-bond acceptors (Lipinski definition) is 3. The predicted molar refractivity (Wildman–Crippen MR) is 66.5 cm³/mol. The summed E-state index contributed by atoms with van der Waals surface area (Å²) in [4.78, 5) is 6.53. The molecule has 0 aliphatic rings. The lowest BCUT2D eigenvalue weighted by atomic mass is 10.2. The van der Waals surface area contributed by atoms with Gasteiger partial charge in [-0.2, -0.15) is 13.2 Å². The predicted octanol–water partition coefficient (Wildman–Crippen LogP) is 2.61. The normalized spacial score (nSPS) is 16.2. The van der Waals surface area contributed by atoms with E-state index in [1.165, 1.54) is 0 Å². The van der Waals surface area contributed by atoms with E-state index < -0.39 is 33.8 Å². The lowest BCUT2D eigenvalue weighted by Crippen LogP contribution is -2.34. The lowest BCUT2D eigenvalue weighted by molar-refractivity contribution is -0.145. The van der Waals surface area contributed by atoms with Crippen LogP contribution in [0, 0.1) is 0 Å². The first-order valence-corrected chi connectivity index (χ1v) is 6.74. The molecule has 0 saturated heterocycles. The van der Waals surface area contributed by atoms with Crippen LogP contribution in [0.2, 0.25) is 0 Å². The van der Waals surface area contributed by atoms with Gasteiger partial charge >= 0.3 is 6.18 Å². The van der Waals surface area contributed by atoms with Crippen LogP contribution in [0.1, 0.15) is 45.1 Å². The Labute approximate surface area is 112 Å². The molecule has 0 aromatic carbocycles. The van der Waals surface area contributed by atoms with Crippen LogP contribution in [0.5, 0.6) is 0 Å². The van der Waals surface area contributed by atoms with Crippen molar-refractivity contribution in [2.45, 2.75) is 44.7 Å². The molecule has 19 heavy (non-hydrogen) atoms. The van der Waals surface area contributed by atoms with Gasteiger partial charge in [-0.05, 0) is 27.7 Å². The Bertz CT molecular complexity index is 454. The van der Waals surface area contributed by atoms with Gasteiger partial charge in [-0.15, -0.1) is 0 Å². The maximum Gasteiger partial charge on any atom is 0.451 e. The van der Waals surface area contributed by atoms with Crippen molar-refractivity contribution in [1.29, 1.82) is 0 Å². The molecular formula is C11H16F3N3OS. The summed E-state index contributed by atoms with van der Waals surface area (Å²) >= 11 is 0. The number of halogens is 3. The molecule has 1 aromatic rings. The second-order valence-electron chi connectivity index (χ2n) is 5.06. The molecule has 0 radical (unpaired) electrons. The van der Waals surface area contributed by atoms with Crippen molar-refractivity contribution in [3.8, 4) is 0 Å². The van der Waals surface area contributed by atoms with Gasteiger partial charge in [-0.1, -0.05) is 0 Å². The van der Waals surface area contributed by atoms with Crippen LogP contribution >= 0.6 is 0 Å². The summed E-state index contributed by atoms with van der Waals surface area (Å²) in [6.07, 6.45) is -2.37. The largest absolute Gasteiger partial charge is 0.451 e. The molecule has 0 fully saturated rings. The van der Waals surface area contributed by atoms with E-state index >= 15 is 0 Å². The molecule has 108 valence electrons. The molecule has 1 aromatic heterocycles. The summed E-state index contributed by atoms with van der Waals surface area (Å²) in [7, 11) is -1.32.